The average Bonchev–Trinajstić information content (AvgIpc) is 4.03. The van der Waals surface area contributed by atoms with Crippen LogP contribution < -0.4 is 4.90 Å². The molecule has 14 rings (SSSR count). The molecule has 0 N–H and O–H groups in total. The standard InChI is InChI=1S/C70H50N2/c1-69(2)62-35-15-12-31-56(62)58-41-40-55(46-64(58)69)71(53-28-10-5-11-29-53)54-30-19-23-49(44-54)47-21-18-22-48(43-47)50-39-42-66-61(45-50)59-33-14-17-37-65(59)72(66)67-38-20-34-60-57-32-13-16-36-63(57)70(68(60)67,51-24-6-3-7-25-51)52-26-8-4-9-27-52/h3-46H,1-2H3. The lowest BCUT2D eigenvalue weighted by molar-refractivity contribution is 0.660. The Balaban J connectivity index is 0.888. The van der Waals surface area contributed by atoms with Gasteiger partial charge in [0.2, 0.25) is 0 Å². The Bertz CT molecular complexity index is 4030. The highest BCUT2D eigenvalue weighted by molar-refractivity contribution is 6.11. The van der Waals surface area contributed by atoms with E-state index in [0.717, 1.165) is 17.1 Å². The van der Waals surface area contributed by atoms with Gasteiger partial charge in [0.25, 0.3) is 0 Å². The molecule has 0 saturated heterocycles. The summed E-state index contributed by atoms with van der Waals surface area (Å²) in [5.41, 5.74) is 24.1. The second-order valence-corrected chi connectivity index (χ2v) is 20.0. The van der Waals surface area contributed by atoms with Crippen molar-refractivity contribution in [2.45, 2.75) is 24.7 Å². The van der Waals surface area contributed by atoms with Crippen LogP contribution in [0.5, 0.6) is 0 Å². The van der Waals surface area contributed by atoms with Gasteiger partial charge in [-0.1, -0.05) is 214 Å². The van der Waals surface area contributed by atoms with E-state index in [1.165, 1.54) is 105 Å². The molecular formula is C70H50N2. The van der Waals surface area contributed by atoms with Gasteiger partial charge in [0, 0.05) is 38.8 Å². The molecule has 2 aliphatic rings. The molecular weight excluding hydrogens is 869 g/mol. The first-order chi connectivity index (χ1) is 35.5. The Hall–Kier alpha value is -8.98. The molecule has 0 atom stereocenters. The topological polar surface area (TPSA) is 8.17 Å². The van der Waals surface area contributed by atoms with Crippen molar-refractivity contribution in [3.05, 3.63) is 300 Å². The molecule has 0 spiro atoms. The van der Waals surface area contributed by atoms with Gasteiger partial charge in [-0.3, -0.25) is 0 Å². The van der Waals surface area contributed by atoms with Gasteiger partial charge < -0.3 is 9.47 Å². The van der Waals surface area contributed by atoms with Gasteiger partial charge in [-0.25, -0.2) is 0 Å². The zero-order valence-corrected chi connectivity index (χ0v) is 40.3. The van der Waals surface area contributed by atoms with Gasteiger partial charge in [0.15, 0.2) is 0 Å². The molecule has 2 aliphatic carbocycles. The first kappa shape index (κ1) is 41.9. The number of aromatic nitrogens is 1. The second kappa shape index (κ2) is 16.3. The highest BCUT2D eigenvalue weighted by atomic mass is 15.1. The molecule has 2 heteroatoms. The van der Waals surface area contributed by atoms with E-state index in [1.54, 1.807) is 0 Å². The number of hydrogen-bond donors (Lipinski definition) is 0. The summed E-state index contributed by atoms with van der Waals surface area (Å²) in [5.74, 6) is 0. The maximum absolute atomic E-state index is 2.53. The van der Waals surface area contributed by atoms with E-state index in [1.807, 2.05) is 0 Å². The number of benzene rings is 11. The first-order valence-corrected chi connectivity index (χ1v) is 25.2. The molecule has 0 bridgehead atoms. The number of fused-ring (bicyclic) bond motifs is 9. The van der Waals surface area contributed by atoms with Gasteiger partial charge >= 0.3 is 0 Å². The number of anilines is 3. The minimum atomic E-state index is -0.539. The van der Waals surface area contributed by atoms with Gasteiger partial charge in [0.1, 0.15) is 0 Å². The SMILES string of the molecule is CC1(C)c2ccccc2-c2ccc(N(c3ccccc3)c3cccc(-c4cccc(-c5ccc6c(c5)c5ccccc5n6-c5cccc6c5C(c5ccccc5)(c5ccccc5)c5ccccc5-6)c4)c3)cc21. The van der Waals surface area contributed by atoms with Crippen LogP contribution in [0.25, 0.3) is 72.0 Å². The van der Waals surface area contributed by atoms with Crippen molar-refractivity contribution in [1.29, 1.82) is 0 Å². The van der Waals surface area contributed by atoms with Crippen molar-refractivity contribution in [2.75, 3.05) is 4.90 Å². The number of nitrogens with zero attached hydrogens (tertiary/aromatic N) is 2. The predicted molar refractivity (Wildman–Crippen MR) is 301 cm³/mol. The van der Waals surface area contributed by atoms with E-state index in [9.17, 15) is 0 Å². The minimum Gasteiger partial charge on any atom is -0.310 e. The Labute approximate surface area is 421 Å². The Morgan fingerprint density at radius 2 is 0.833 bits per heavy atom. The van der Waals surface area contributed by atoms with Gasteiger partial charge in [-0.05, 0) is 139 Å². The molecule has 0 amide bonds. The molecule has 1 aromatic heterocycles. The molecule has 2 nitrogen and oxygen atoms in total. The van der Waals surface area contributed by atoms with Crippen LogP contribution in [0.2, 0.25) is 0 Å². The van der Waals surface area contributed by atoms with E-state index in [0.29, 0.717) is 0 Å². The molecule has 0 radical (unpaired) electrons. The van der Waals surface area contributed by atoms with E-state index in [4.69, 9.17) is 0 Å². The van der Waals surface area contributed by atoms with Crippen molar-refractivity contribution in [3.8, 4) is 50.2 Å². The highest BCUT2D eigenvalue weighted by Crippen LogP contribution is 2.58. The van der Waals surface area contributed by atoms with Gasteiger partial charge in [-0.2, -0.15) is 0 Å². The van der Waals surface area contributed by atoms with Gasteiger partial charge in [-0.15, -0.1) is 0 Å². The Morgan fingerprint density at radius 3 is 1.57 bits per heavy atom. The van der Waals surface area contributed by atoms with E-state index in [2.05, 4.69) is 290 Å². The smallest absolute Gasteiger partial charge is 0.0734 e. The number of para-hydroxylation sites is 2. The molecule has 0 aliphatic heterocycles. The maximum atomic E-state index is 2.53. The van der Waals surface area contributed by atoms with Crippen LogP contribution in [-0.2, 0) is 10.8 Å². The average molecular weight is 919 g/mol. The molecule has 72 heavy (non-hydrogen) atoms. The van der Waals surface area contributed by atoms with E-state index < -0.39 is 5.41 Å². The summed E-state index contributed by atoms with van der Waals surface area (Å²) in [5, 5.41) is 2.46. The summed E-state index contributed by atoms with van der Waals surface area (Å²) in [6.45, 7) is 4.71. The van der Waals surface area contributed by atoms with Crippen molar-refractivity contribution in [1.82, 2.24) is 4.57 Å². The van der Waals surface area contributed by atoms with E-state index in [-0.39, 0.29) is 5.41 Å². The van der Waals surface area contributed by atoms with Crippen LogP contribution in [0, 0.1) is 0 Å². The Kier molecular flexibility index (Phi) is 9.50. The second-order valence-electron chi connectivity index (χ2n) is 20.0. The normalized spacial score (nSPS) is 13.6. The zero-order chi connectivity index (χ0) is 48.0. The van der Waals surface area contributed by atoms with Crippen LogP contribution >= 0.6 is 0 Å². The third-order valence-corrected chi connectivity index (χ3v) is 15.8. The van der Waals surface area contributed by atoms with Crippen molar-refractivity contribution in [3.63, 3.8) is 0 Å². The summed E-state index contributed by atoms with van der Waals surface area (Å²) in [7, 11) is 0. The minimum absolute atomic E-state index is 0.102. The monoisotopic (exact) mass is 918 g/mol. The van der Waals surface area contributed by atoms with E-state index >= 15 is 0 Å². The predicted octanol–water partition coefficient (Wildman–Crippen LogP) is 18.3. The largest absolute Gasteiger partial charge is 0.310 e. The van der Waals surface area contributed by atoms with Crippen LogP contribution in [-0.4, -0.2) is 4.57 Å². The van der Waals surface area contributed by atoms with Crippen LogP contribution in [0.15, 0.2) is 267 Å². The fourth-order valence-electron chi connectivity index (χ4n) is 12.6. The summed E-state index contributed by atoms with van der Waals surface area (Å²) >= 11 is 0. The quantitative estimate of drug-likeness (QED) is 0.147. The third-order valence-electron chi connectivity index (χ3n) is 15.8. The fraction of sp³-hybridized carbons (Fsp3) is 0.0571. The first-order valence-electron chi connectivity index (χ1n) is 25.2. The summed E-state index contributed by atoms with van der Waals surface area (Å²) in [4.78, 5) is 2.40. The maximum Gasteiger partial charge on any atom is 0.0734 e. The molecule has 340 valence electrons. The van der Waals surface area contributed by atoms with Crippen LogP contribution in [0.4, 0.5) is 17.1 Å². The number of rotatable bonds is 8. The van der Waals surface area contributed by atoms with Crippen molar-refractivity contribution >= 4 is 38.9 Å². The molecule has 12 aromatic rings. The fourth-order valence-corrected chi connectivity index (χ4v) is 12.6. The lowest BCUT2D eigenvalue weighted by Crippen LogP contribution is -2.29. The lowest BCUT2D eigenvalue weighted by atomic mass is 9.67. The Morgan fingerprint density at radius 1 is 0.319 bits per heavy atom. The summed E-state index contributed by atoms with van der Waals surface area (Å²) < 4.78 is 2.53. The van der Waals surface area contributed by atoms with Crippen molar-refractivity contribution in [2.24, 2.45) is 0 Å². The molecule has 0 fully saturated rings. The third kappa shape index (κ3) is 6.22. The molecule has 0 unspecified atom stereocenters. The summed E-state index contributed by atoms with van der Waals surface area (Å²) in [6, 6.07) is 99.0. The summed E-state index contributed by atoms with van der Waals surface area (Å²) in [6.07, 6.45) is 0. The van der Waals surface area contributed by atoms with Gasteiger partial charge in [0.05, 0.1) is 22.1 Å². The van der Waals surface area contributed by atoms with Crippen molar-refractivity contribution < 1.29 is 0 Å². The molecule has 1 heterocycles. The lowest BCUT2D eigenvalue weighted by Gasteiger charge is -2.35. The van der Waals surface area contributed by atoms with Crippen LogP contribution in [0.1, 0.15) is 47.2 Å². The van der Waals surface area contributed by atoms with Crippen LogP contribution in [0.3, 0.4) is 0 Å². The molecule has 0 saturated carbocycles. The zero-order valence-electron chi connectivity index (χ0n) is 40.3. The molecule has 11 aromatic carbocycles. The highest BCUT2D eigenvalue weighted by Gasteiger charge is 2.48. The number of hydrogen-bond acceptors (Lipinski definition) is 1.